The Morgan fingerprint density at radius 3 is 2.75 bits per heavy atom. The Balaban J connectivity index is 2.87. The van der Waals surface area contributed by atoms with Crippen molar-refractivity contribution in [3.8, 4) is 0 Å². The lowest BCUT2D eigenvalue weighted by molar-refractivity contribution is 0.968. The largest absolute Gasteiger partial charge is 0.375 e. The molecule has 0 aromatic carbocycles. The van der Waals surface area contributed by atoms with E-state index in [1.807, 2.05) is 6.92 Å². The van der Waals surface area contributed by atoms with Gasteiger partial charge in [-0.1, -0.05) is 19.9 Å². The summed E-state index contributed by atoms with van der Waals surface area (Å²) in [6.45, 7) is 8.14. The Hall–Kier alpha value is -0.830. The normalized spacial score (nSPS) is 10.2. The summed E-state index contributed by atoms with van der Waals surface area (Å²) in [6, 6.07) is 0. The Labute approximate surface area is 77.1 Å². The molecule has 1 rings (SSSR count). The monoisotopic (exact) mass is 182 g/mol. The number of anilines is 1. The molecule has 0 fully saturated rings. The number of aryl methyl sites for hydroxylation is 1. The first kappa shape index (κ1) is 9.26. The van der Waals surface area contributed by atoms with Crippen molar-refractivity contribution < 1.29 is 0 Å². The first-order valence-corrected chi connectivity index (χ1v) is 4.87. The van der Waals surface area contributed by atoms with Gasteiger partial charge in [-0.25, -0.2) is 4.98 Å². The summed E-state index contributed by atoms with van der Waals surface area (Å²) in [5.74, 6) is 0. The van der Waals surface area contributed by atoms with Gasteiger partial charge in [0, 0.05) is 4.88 Å². The number of hydrogen-bond donors (Lipinski definition) is 1. The number of hydrogen-bond acceptors (Lipinski definition) is 3. The maximum absolute atomic E-state index is 5.58. The van der Waals surface area contributed by atoms with Gasteiger partial charge in [0.05, 0.1) is 5.69 Å². The first-order valence-electron chi connectivity index (χ1n) is 4.06. The maximum Gasteiger partial charge on any atom is 0.180 e. The van der Waals surface area contributed by atoms with Gasteiger partial charge in [-0.3, -0.25) is 0 Å². The molecule has 0 saturated heterocycles. The topological polar surface area (TPSA) is 38.9 Å². The fraction of sp³-hybridized carbons (Fsp3) is 0.444. The van der Waals surface area contributed by atoms with Crippen LogP contribution >= 0.6 is 11.3 Å². The highest BCUT2D eigenvalue weighted by Gasteiger charge is 2.07. The van der Waals surface area contributed by atoms with Gasteiger partial charge in [0.15, 0.2) is 5.13 Å². The van der Waals surface area contributed by atoms with E-state index in [1.54, 1.807) is 0 Å². The van der Waals surface area contributed by atoms with Gasteiger partial charge >= 0.3 is 0 Å². The van der Waals surface area contributed by atoms with Gasteiger partial charge in [-0.2, -0.15) is 0 Å². The number of nitrogens with two attached hydrogens (primary N) is 1. The second-order valence-corrected chi connectivity index (χ2v) is 4.05. The Morgan fingerprint density at radius 1 is 1.67 bits per heavy atom. The van der Waals surface area contributed by atoms with Crippen molar-refractivity contribution in [2.75, 3.05) is 5.73 Å². The fourth-order valence-corrected chi connectivity index (χ4v) is 1.90. The summed E-state index contributed by atoms with van der Waals surface area (Å²) in [5, 5.41) is 0.639. The van der Waals surface area contributed by atoms with Gasteiger partial charge in [0.1, 0.15) is 0 Å². The summed E-state index contributed by atoms with van der Waals surface area (Å²) in [4.78, 5) is 5.40. The Morgan fingerprint density at radius 2 is 2.33 bits per heavy atom. The van der Waals surface area contributed by atoms with Crippen LogP contribution in [0.1, 0.15) is 30.3 Å². The molecule has 1 aromatic rings. The van der Waals surface area contributed by atoms with Crippen LogP contribution in [0.3, 0.4) is 0 Å². The van der Waals surface area contributed by atoms with Crippen LogP contribution in [0.25, 0.3) is 5.57 Å². The molecule has 2 nitrogen and oxygen atoms in total. The number of nitrogens with zero attached hydrogens (tertiary/aromatic N) is 1. The molecule has 66 valence electrons. The number of thiazole rings is 1. The van der Waals surface area contributed by atoms with Crippen molar-refractivity contribution in [3.63, 3.8) is 0 Å². The van der Waals surface area contributed by atoms with Gasteiger partial charge in [0.2, 0.25) is 0 Å². The summed E-state index contributed by atoms with van der Waals surface area (Å²) in [6.07, 6.45) is 2.11. The highest BCUT2D eigenvalue weighted by molar-refractivity contribution is 7.15. The lowest BCUT2D eigenvalue weighted by Crippen LogP contribution is -1.87. The third kappa shape index (κ3) is 1.85. The molecule has 0 aliphatic carbocycles. The predicted octanol–water partition coefficient (Wildman–Crippen LogP) is 2.85. The van der Waals surface area contributed by atoms with Crippen molar-refractivity contribution in [2.24, 2.45) is 0 Å². The smallest absolute Gasteiger partial charge is 0.180 e. The molecule has 0 spiro atoms. The first-order chi connectivity index (χ1) is 5.65. The molecular weight excluding hydrogens is 168 g/mol. The molecule has 0 unspecified atom stereocenters. The lowest BCUT2D eigenvalue weighted by Gasteiger charge is -1.99. The van der Waals surface area contributed by atoms with Gasteiger partial charge in [-0.05, 0) is 18.9 Å². The minimum atomic E-state index is 0.639. The van der Waals surface area contributed by atoms with Crippen LogP contribution in [-0.2, 0) is 0 Å². The quantitative estimate of drug-likeness (QED) is 0.780. The van der Waals surface area contributed by atoms with E-state index in [-0.39, 0.29) is 0 Å². The summed E-state index contributed by atoms with van der Waals surface area (Å²) < 4.78 is 0. The molecule has 1 heterocycles. The number of rotatable bonds is 3. The van der Waals surface area contributed by atoms with E-state index in [2.05, 4.69) is 18.5 Å². The van der Waals surface area contributed by atoms with Crippen LogP contribution in [0.5, 0.6) is 0 Å². The van der Waals surface area contributed by atoms with Crippen molar-refractivity contribution in [3.05, 3.63) is 17.2 Å². The third-order valence-corrected chi connectivity index (χ3v) is 2.50. The van der Waals surface area contributed by atoms with E-state index in [1.165, 1.54) is 16.2 Å². The number of nitrogen functional groups attached to an aromatic ring is 1. The molecule has 0 atom stereocenters. The van der Waals surface area contributed by atoms with Crippen molar-refractivity contribution in [1.29, 1.82) is 0 Å². The van der Waals surface area contributed by atoms with Gasteiger partial charge < -0.3 is 5.73 Å². The SMILES string of the molecule is C=C(CCC)c1nc(N)sc1C. The molecule has 0 radical (unpaired) electrons. The molecule has 0 saturated carbocycles. The van der Waals surface area contributed by atoms with Crippen LogP contribution in [0.4, 0.5) is 5.13 Å². The number of aromatic nitrogens is 1. The Kier molecular flexibility index (Phi) is 2.87. The average molecular weight is 182 g/mol. The third-order valence-electron chi connectivity index (χ3n) is 1.70. The minimum absolute atomic E-state index is 0.639. The van der Waals surface area contributed by atoms with Crippen LogP contribution < -0.4 is 5.73 Å². The molecule has 0 amide bonds. The van der Waals surface area contributed by atoms with E-state index in [4.69, 9.17) is 5.73 Å². The summed E-state index contributed by atoms with van der Waals surface area (Å²) in [5.41, 5.74) is 7.68. The zero-order valence-corrected chi connectivity index (χ0v) is 8.37. The second-order valence-electron chi connectivity index (χ2n) is 2.81. The molecule has 0 aliphatic heterocycles. The maximum atomic E-state index is 5.58. The van der Waals surface area contributed by atoms with E-state index in [9.17, 15) is 0 Å². The zero-order valence-electron chi connectivity index (χ0n) is 7.55. The summed E-state index contributed by atoms with van der Waals surface area (Å²) >= 11 is 1.53. The van der Waals surface area contributed by atoms with Crippen LogP contribution in [0.15, 0.2) is 6.58 Å². The predicted molar refractivity (Wildman–Crippen MR) is 55.2 cm³/mol. The molecule has 1 aromatic heterocycles. The standard InChI is InChI=1S/C9H14N2S/c1-4-5-6(2)8-7(3)12-9(10)11-8/h2,4-5H2,1,3H3,(H2,10,11). The minimum Gasteiger partial charge on any atom is -0.375 e. The molecule has 0 bridgehead atoms. The van der Waals surface area contributed by atoms with E-state index < -0.39 is 0 Å². The molecular formula is C9H14N2S. The van der Waals surface area contributed by atoms with E-state index in [0.29, 0.717) is 5.13 Å². The second kappa shape index (κ2) is 3.72. The van der Waals surface area contributed by atoms with E-state index in [0.717, 1.165) is 24.1 Å². The molecule has 0 aliphatic rings. The van der Waals surface area contributed by atoms with Crippen molar-refractivity contribution in [1.82, 2.24) is 4.98 Å². The van der Waals surface area contributed by atoms with E-state index >= 15 is 0 Å². The van der Waals surface area contributed by atoms with Crippen LogP contribution in [0.2, 0.25) is 0 Å². The molecule has 3 heteroatoms. The molecule has 12 heavy (non-hydrogen) atoms. The highest BCUT2D eigenvalue weighted by Crippen LogP contribution is 2.26. The zero-order chi connectivity index (χ0) is 9.14. The number of allylic oxidation sites excluding steroid dienone is 1. The lowest BCUT2D eigenvalue weighted by atomic mass is 10.1. The average Bonchev–Trinajstić information content (AvgIpc) is 2.30. The van der Waals surface area contributed by atoms with Gasteiger partial charge in [0.25, 0.3) is 0 Å². The van der Waals surface area contributed by atoms with Crippen LogP contribution in [-0.4, -0.2) is 4.98 Å². The fourth-order valence-electron chi connectivity index (χ4n) is 1.17. The van der Waals surface area contributed by atoms with Crippen molar-refractivity contribution >= 4 is 22.0 Å². The summed E-state index contributed by atoms with van der Waals surface area (Å²) in [7, 11) is 0. The van der Waals surface area contributed by atoms with Crippen LogP contribution in [0, 0.1) is 6.92 Å². The van der Waals surface area contributed by atoms with Gasteiger partial charge in [-0.15, -0.1) is 11.3 Å². The molecule has 2 N–H and O–H groups in total. The van der Waals surface area contributed by atoms with Crippen molar-refractivity contribution in [2.45, 2.75) is 26.7 Å². The highest BCUT2D eigenvalue weighted by atomic mass is 32.1. The Bertz CT molecular complexity index is 289.